The minimum atomic E-state index is -1.42. The lowest BCUT2D eigenvalue weighted by Crippen LogP contribution is -2.56. The smallest absolute Gasteiger partial charge is 0.332 e. The van der Waals surface area contributed by atoms with Crippen molar-refractivity contribution in [2.75, 3.05) is 13.6 Å². The Bertz CT molecular complexity index is 376. The molecule has 2 rings (SSSR count). The fourth-order valence-corrected chi connectivity index (χ4v) is 3.42. The topological polar surface area (TPSA) is 102 Å². The van der Waals surface area contributed by atoms with Gasteiger partial charge in [0.1, 0.15) is 0 Å². The molecule has 0 spiro atoms. The SMILES string of the molecule is CN1C2CCCC1CC(NC(=O)NCC[C@H](O)C(=O)O)C2. The highest BCUT2D eigenvalue weighted by molar-refractivity contribution is 5.74. The Morgan fingerprint density at radius 3 is 2.48 bits per heavy atom. The predicted octanol–water partition coefficient (Wildman–Crippen LogP) is 0.137. The highest BCUT2D eigenvalue weighted by Gasteiger charge is 2.36. The zero-order chi connectivity index (χ0) is 15.4. The number of fused-ring (bicyclic) bond motifs is 2. The highest BCUT2D eigenvalue weighted by Crippen LogP contribution is 2.32. The fraction of sp³-hybridized carbons (Fsp3) is 0.857. The third-order valence-electron chi connectivity index (χ3n) is 4.66. The lowest BCUT2D eigenvalue weighted by molar-refractivity contribution is -0.146. The zero-order valence-corrected chi connectivity index (χ0v) is 12.4. The molecule has 0 saturated carbocycles. The molecule has 2 heterocycles. The van der Waals surface area contributed by atoms with E-state index in [-0.39, 0.29) is 25.0 Å². The number of hydrogen-bond donors (Lipinski definition) is 4. The third-order valence-corrected chi connectivity index (χ3v) is 4.66. The van der Waals surface area contributed by atoms with Gasteiger partial charge < -0.3 is 25.7 Å². The lowest BCUT2D eigenvalue weighted by Gasteiger charge is -2.47. The Labute approximate surface area is 124 Å². The van der Waals surface area contributed by atoms with Crippen LogP contribution in [0.5, 0.6) is 0 Å². The summed E-state index contributed by atoms with van der Waals surface area (Å²) in [4.78, 5) is 24.7. The van der Waals surface area contributed by atoms with Crippen molar-refractivity contribution in [3.63, 3.8) is 0 Å². The fourth-order valence-electron chi connectivity index (χ4n) is 3.42. The molecule has 2 unspecified atom stereocenters. The number of rotatable bonds is 5. The van der Waals surface area contributed by atoms with Crippen LogP contribution in [-0.2, 0) is 4.79 Å². The van der Waals surface area contributed by atoms with E-state index in [4.69, 9.17) is 10.2 Å². The van der Waals surface area contributed by atoms with Gasteiger partial charge in [0.05, 0.1) is 0 Å². The van der Waals surface area contributed by atoms with Gasteiger partial charge in [0.2, 0.25) is 0 Å². The largest absolute Gasteiger partial charge is 0.479 e. The number of nitrogens with zero attached hydrogens (tertiary/aromatic N) is 1. The van der Waals surface area contributed by atoms with Crippen LogP contribution in [0.4, 0.5) is 4.79 Å². The minimum Gasteiger partial charge on any atom is -0.479 e. The molecular weight excluding hydrogens is 274 g/mol. The maximum absolute atomic E-state index is 11.8. The molecule has 2 aliphatic heterocycles. The standard InChI is InChI=1S/C14H25N3O4/c1-17-10-3-2-4-11(17)8-9(7-10)16-14(21)15-6-5-12(18)13(19)20/h9-12,18H,2-8H2,1H3,(H,19,20)(H2,15,16,21)/t9?,10?,11?,12-/m0/s1. The number of urea groups is 1. The first-order chi connectivity index (χ1) is 9.97. The van der Waals surface area contributed by atoms with Crippen molar-refractivity contribution in [2.45, 2.75) is 62.8 Å². The molecule has 0 aliphatic carbocycles. The van der Waals surface area contributed by atoms with E-state index in [1.54, 1.807) is 0 Å². The van der Waals surface area contributed by atoms with Crippen molar-refractivity contribution in [2.24, 2.45) is 0 Å². The second-order valence-corrected chi connectivity index (χ2v) is 6.12. The second kappa shape index (κ2) is 7.09. The van der Waals surface area contributed by atoms with E-state index < -0.39 is 12.1 Å². The zero-order valence-electron chi connectivity index (χ0n) is 12.4. The molecule has 0 aromatic carbocycles. The molecule has 4 N–H and O–H groups in total. The summed E-state index contributed by atoms with van der Waals surface area (Å²) in [5.74, 6) is -1.26. The van der Waals surface area contributed by atoms with E-state index in [0.29, 0.717) is 12.1 Å². The van der Waals surface area contributed by atoms with Gasteiger partial charge in [0, 0.05) is 31.1 Å². The number of aliphatic carboxylic acids is 1. The molecule has 0 radical (unpaired) electrons. The van der Waals surface area contributed by atoms with Crippen LogP contribution in [0.3, 0.4) is 0 Å². The average molecular weight is 299 g/mol. The first kappa shape index (κ1) is 16.0. The Balaban J connectivity index is 1.70. The second-order valence-electron chi connectivity index (χ2n) is 6.12. The Kier molecular flexibility index (Phi) is 5.41. The van der Waals surface area contributed by atoms with Gasteiger partial charge in [-0.1, -0.05) is 6.42 Å². The van der Waals surface area contributed by atoms with Gasteiger partial charge in [0.15, 0.2) is 6.10 Å². The van der Waals surface area contributed by atoms with Crippen molar-refractivity contribution in [1.82, 2.24) is 15.5 Å². The molecule has 0 aromatic heterocycles. The van der Waals surface area contributed by atoms with Crippen LogP contribution in [-0.4, -0.2) is 64.9 Å². The van der Waals surface area contributed by atoms with Crippen LogP contribution in [0.2, 0.25) is 0 Å². The van der Waals surface area contributed by atoms with E-state index in [1.165, 1.54) is 19.3 Å². The van der Waals surface area contributed by atoms with E-state index in [2.05, 4.69) is 22.6 Å². The summed E-state index contributed by atoms with van der Waals surface area (Å²) in [6.45, 7) is 0.152. The van der Waals surface area contributed by atoms with Gasteiger partial charge in [0.25, 0.3) is 0 Å². The number of piperidine rings is 2. The van der Waals surface area contributed by atoms with Gasteiger partial charge in [-0.3, -0.25) is 0 Å². The Morgan fingerprint density at radius 1 is 1.29 bits per heavy atom. The molecule has 2 saturated heterocycles. The van der Waals surface area contributed by atoms with Crippen molar-refractivity contribution in [3.8, 4) is 0 Å². The maximum atomic E-state index is 11.8. The molecule has 2 amide bonds. The molecule has 21 heavy (non-hydrogen) atoms. The number of carboxylic acids is 1. The quantitative estimate of drug-likeness (QED) is 0.578. The minimum absolute atomic E-state index is 0.0153. The van der Waals surface area contributed by atoms with Gasteiger partial charge in [-0.05, 0) is 32.7 Å². The van der Waals surface area contributed by atoms with E-state index in [1.807, 2.05) is 0 Å². The number of amides is 2. The molecule has 120 valence electrons. The summed E-state index contributed by atoms with van der Waals surface area (Å²) < 4.78 is 0. The number of carbonyl (C=O) groups is 2. The summed E-state index contributed by atoms with van der Waals surface area (Å²) in [5.41, 5.74) is 0. The maximum Gasteiger partial charge on any atom is 0.332 e. The van der Waals surface area contributed by atoms with Crippen LogP contribution < -0.4 is 10.6 Å². The van der Waals surface area contributed by atoms with Crippen molar-refractivity contribution >= 4 is 12.0 Å². The Hall–Kier alpha value is -1.34. The lowest BCUT2D eigenvalue weighted by atomic mass is 9.82. The van der Waals surface area contributed by atoms with E-state index in [0.717, 1.165) is 12.8 Å². The van der Waals surface area contributed by atoms with Crippen LogP contribution >= 0.6 is 0 Å². The normalized spacial score (nSPS) is 30.5. The average Bonchev–Trinajstić information content (AvgIpc) is 2.39. The monoisotopic (exact) mass is 299 g/mol. The van der Waals surface area contributed by atoms with Gasteiger partial charge >= 0.3 is 12.0 Å². The van der Waals surface area contributed by atoms with Crippen molar-refractivity contribution in [1.29, 1.82) is 0 Å². The molecule has 2 bridgehead atoms. The Morgan fingerprint density at radius 2 is 1.90 bits per heavy atom. The van der Waals surface area contributed by atoms with Crippen LogP contribution in [0.15, 0.2) is 0 Å². The molecule has 2 fully saturated rings. The predicted molar refractivity (Wildman–Crippen MR) is 77.0 cm³/mol. The molecular formula is C14H25N3O4. The number of carboxylic acid groups (broad SMARTS) is 1. The van der Waals surface area contributed by atoms with Crippen LogP contribution in [0, 0.1) is 0 Å². The molecule has 7 nitrogen and oxygen atoms in total. The summed E-state index contributed by atoms with van der Waals surface area (Å²) in [6, 6.07) is 1.01. The number of carbonyl (C=O) groups excluding carboxylic acids is 1. The summed E-state index contributed by atoms with van der Waals surface area (Å²) in [5, 5.41) is 23.2. The summed E-state index contributed by atoms with van der Waals surface area (Å²) in [7, 11) is 2.16. The molecule has 0 aromatic rings. The number of nitrogens with one attached hydrogen (secondary N) is 2. The first-order valence-corrected chi connectivity index (χ1v) is 7.64. The van der Waals surface area contributed by atoms with Crippen LogP contribution in [0.25, 0.3) is 0 Å². The molecule has 2 aliphatic rings. The van der Waals surface area contributed by atoms with Crippen LogP contribution in [0.1, 0.15) is 38.5 Å². The molecule has 7 heteroatoms. The first-order valence-electron chi connectivity index (χ1n) is 7.64. The highest BCUT2D eigenvalue weighted by atomic mass is 16.4. The van der Waals surface area contributed by atoms with E-state index in [9.17, 15) is 9.59 Å². The van der Waals surface area contributed by atoms with Gasteiger partial charge in [-0.25, -0.2) is 9.59 Å². The number of hydrogen-bond acceptors (Lipinski definition) is 4. The van der Waals surface area contributed by atoms with E-state index >= 15 is 0 Å². The molecule has 3 atom stereocenters. The van der Waals surface area contributed by atoms with Gasteiger partial charge in [-0.15, -0.1) is 0 Å². The van der Waals surface area contributed by atoms with Crippen molar-refractivity contribution < 1.29 is 19.8 Å². The number of aliphatic hydroxyl groups is 1. The number of aliphatic hydroxyl groups excluding tert-OH is 1. The van der Waals surface area contributed by atoms with Gasteiger partial charge in [-0.2, -0.15) is 0 Å². The summed E-state index contributed by atoms with van der Waals surface area (Å²) >= 11 is 0. The van der Waals surface area contributed by atoms with Crippen molar-refractivity contribution in [3.05, 3.63) is 0 Å². The third kappa shape index (κ3) is 4.31. The summed E-state index contributed by atoms with van der Waals surface area (Å²) in [6.07, 6.45) is 4.19.